The van der Waals surface area contributed by atoms with Gasteiger partial charge in [-0.25, -0.2) is 0 Å². The second-order valence-electron chi connectivity index (χ2n) is 7.54. The summed E-state index contributed by atoms with van der Waals surface area (Å²) in [5, 5.41) is 0.668. The summed E-state index contributed by atoms with van der Waals surface area (Å²) in [7, 11) is 2.17. The molecule has 27 heavy (non-hydrogen) atoms. The highest BCUT2D eigenvalue weighted by atomic mass is 35.5. The molecule has 2 aromatic rings. The maximum atomic E-state index is 12.9. The van der Waals surface area contributed by atoms with Crippen molar-refractivity contribution in [2.24, 2.45) is 0 Å². The largest absolute Gasteiger partial charge is 0.369 e. The molecule has 0 aromatic heterocycles. The molecule has 2 heterocycles. The molecule has 0 spiro atoms. The standard InChI is InChI=1S/C22H26ClN3O/c1-24-11-13-25(14-12-24)21-8-4-6-17-9-10-26(16-19(17)21)22(27)15-18-5-2-3-7-20(18)23/h2-8H,9-16H2,1H3. The molecule has 0 radical (unpaired) electrons. The highest BCUT2D eigenvalue weighted by Crippen LogP contribution is 2.30. The summed E-state index contributed by atoms with van der Waals surface area (Å²) < 4.78 is 0. The van der Waals surface area contributed by atoms with E-state index in [2.05, 4.69) is 35.0 Å². The maximum absolute atomic E-state index is 12.9. The van der Waals surface area contributed by atoms with Crippen LogP contribution in [-0.2, 0) is 24.2 Å². The molecule has 0 unspecified atom stereocenters. The van der Waals surface area contributed by atoms with E-state index in [1.165, 1.54) is 16.8 Å². The molecule has 5 heteroatoms. The number of likely N-dealkylation sites (N-methyl/N-ethyl adjacent to an activating group) is 1. The minimum atomic E-state index is 0.155. The lowest BCUT2D eigenvalue weighted by Crippen LogP contribution is -2.45. The van der Waals surface area contributed by atoms with Gasteiger partial charge in [-0.15, -0.1) is 0 Å². The summed E-state index contributed by atoms with van der Waals surface area (Å²) in [5.41, 5.74) is 4.91. The molecule has 0 aliphatic carbocycles. The zero-order chi connectivity index (χ0) is 18.8. The Morgan fingerprint density at radius 2 is 1.78 bits per heavy atom. The van der Waals surface area contributed by atoms with E-state index < -0.39 is 0 Å². The number of piperazine rings is 1. The summed E-state index contributed by atoms with van der Waals surface area (Å²) in [6.07, 6.45) is 1.29. The third-order valence-electron chi connectivity index (χ3n) is 5.74. The zero-order valence-electron chi connectivity index (χ0n) is 15.8. The van der Waals surface area contributed by atoms with E-state index in [9.17, 15) is 4.79 Å². The fraction of sp³-hybridized carbons (Fsp3) is 0.409. The molecule has 2 aliphatic heterocycles. The first kappa shape index (κ1) is 18.3. The first-order chi connectivity index (χ1) is 13.1. The molecular formula is C22H26ClN3O. The lowest BCUT2D eigenvalue weighted by atomic mass is 9.96. The number of carbonyl (C=O) groups is 1. The molecular weight excluding hydrogens is 358 g/mol. The number of amides is 1. The van der Waals surface area contributed by atoms with Gasteiger partial charge in [0.1, 0.15) is 0 Å². The Labute approximate surface area is 166 Å². The minimum absolute atomic E-state index is 0.155. The Kier molecular flexibility index (Phi) is 5.37. The van der Waals surface area contributed by atoms with Crippen LogP contribution in [0.3, 0.4) is 0 Å². The van der Waals surface area contributed by atoms with E-state index in [0.29, 0.717) is 18.0 Å². The number of rotatable bonds is 3. The van der Waals surface area contributed by atoms with Crippen LogP contribution in [0.5, 0.6) is 0 Å². The highest BCUT2D eigenvalue weighted by Gasteiger charge is 2.25. The van der Waals surface area contributed by atoms with Crippen LogP contribution in [-0.4, -0.2) is 55.5 Å². The second-order valence-corrected chi connectivity index (χ2v) is 7.95. The van der Waals surface area contributed by atoms with Crippen molar-refractivity contribution in [1.29, 1.82) is 0 Å². The second kappa shape index (κ2) is 7.91. The highest BCUT2D eigenvalue weighted by molar-refractivity contribution is 6.31. The smallest absolute Gasteiger partial charge is 0.227 e. The average molecular weight is 384 g/mol. The molecule has 0 atom stereocenters. The number of hydrogen-bond donors (Lipinski definition) is 0. The van der Waals surface area contributed by atoms with Crippen LogP contribution >= 0.6 is 11.6 Å². The summed E-state index contributed by atoms with van der Waals surface area (Å²) in [6.45, 7) is 5.72. The number of fused-ring (bicyclic) bond motifs is 1. The van der Waals surface area contributed by atoms with Crippen LogP contribution in [0, 0.1) is 0 Å². The van der Waals surface area contributed by atoms with Gasteiger partial charge >= 0.3 is 0 Å². The topological polar surface area (TPSA) is 26.8 Å². The SMILES string of the molecule is CN1CCN(c2cccc3c2CN(C(=O)Cc2ccccc2Cl)CC3)CC1. The first-order valence-electron chi connectivity index (χ1n) is 9.67. The number of anilines is 1. The van der Waals surface area contributed by atoms with Gasteiger partial charge in [0.25, 0.3) is 0 Å². The Balaban J connectivity index is 1.52. The van der Waals surface area contributed by atoms with Crippen LogP contribution in [0.25, 0.3) is 0 Å². The number of hydrogen-bond acceptors (Lipinski definition) is 3. The molecule has 0 bridgehead atoms. The predicted molar refractivity (Wildman–Crippen MR) is 110 cm³/mol. The number of benzene rings is 2. The molecule has 4 rings (SSSR count). The van der Waals surface area contributed by atoms with Crippen LogP contribution in [0.15, 0.2) is 42.5 Å². The van der Waals surface area contributed by atoms with Crippen LogP contribution in [0.2, 0.25) is 5.02 Å². The minimum Gasteiger partial charge on any atom is -0.369 e. The van der Waals surface area contributed by atoms with E-state index in [-0.39, 0.29) is 5.91 Å². The molecule has 1 amide bonds. The molecule has 0 N–H and O–H groups in total. The average Bonchev–Trinajstić information content (AvgIpc) is 2.69. The molecule has 0 saturated carbocycles. The summed E-state index contributed by atoms with van der Waals surface area (Å²) in [4.78, 5) is 19.7. The lowest BCUT2D eigenvalue weighted by Gasteiger charge is -2.38. The van der Waals surface area contributed by atoms with Crippen molar-refractivity contribution in [3.63, 3.8) is 0 Å². The number of carbonyl (C=O) groups excluding carboxylic acids is 1. The maximum Gasteiger partial charge on any atom is 0.227 e. The van der Waals surface area contributed by atoms with Gasteiger partial charge in [-0.3, -0.25) is 4.79 Å². The van der Waals surface area contributed by atoms with Gasteiger partial charge in [-0.1, -0.05) is 41.9 Å². The number of halogens is 1. The predicted octanol–water partition coefficient (Wildman–Crippen LogP) is 3.22. The number of nitrogens with zero attached hydrogens (tertiary/aromatic N) is 3. The van der Waals surface area contributed by atoms with Crippen molar-refractivity contribution >= 4 is 23.2 Å². The van der Waals surface area contributed by atoms with Gasteiger partial charge in [0, 0.05) is 50.0 Å². The van der Waals surface area contributed by atoms with Gasteiger partial charge in [0.2, 0.25) is 5.91 Å². The van der Waals surface area contributed by atoms with Gasteiger partial charge in [-0.05, 0) is 42.3 Å². The Hall–Kier alpha value is -2.04. The van der Waals surface area contributed by atoms with E-state index in [1.807, 2.05) is 29.2 Å². The van der Waals surface area contributed by atoms with Crippen LogP contribution < -0.4 is 4.90 Å². The van der Waals surface area contributed by atoms with Gasteiger partial charge in [-0.2, -0.15) is 0 Å². The first-order valence-corrected chi connectivity index (χ1v) is 10.0. The molecule has 2 aliphatic rings. The van der Waals surface area contributed by atoms with Gasteiger partial charge < -0.3 is 14.7 Å². The van der Waals surface area contributed by atoms with E-state index in [4.69, 9.17) is 11.6 Å². The molecule has 4 nitrogen and oxygen atoms in total. The Bertz CT molecular complexity index is 830. The lowest BCUT2D eigenvalue weighted by molar-refractivity contribution is -0.131. The monoisotopic (exact) mass is 383 g/mol. The van der Waals surface area contributed by atoms with E-state index >= 15 is 0 Å². The molecule has 1 saturated heterocycles. The fourth-order valence-electron chi connectivity index (χ4n) is 4.04. The van der Waals surface area contributed by atoms with E-state index in [0.717, 1.165) is 44.7 Å². The molecule has 142 valence electrons. The summed E-state index contributed by atoms with van der Waals surface area (Å²) >= 11 is 6.25. The van der Waals surface area contributed by atoms with Gasteiger partial charge in [0.05, 0.1) is 6.42 Å². The van der Waals surface area contributed by atoms with Crippen molar-refractivity contribution in [3.05, 3.63) is 64.2 Å². The van der Waals surface area contributed by atoms with Crippen molar-refractivity contribution in [3.8, 4) is 0 Å². The summed E-state index contributed by atoms with van der Waals surface area (Å²) in [5.74, 6) is 0.155. The normalized spacial score (nSPS) is 17.7. The quantitative estimate of drug-likeness (QED) is 0.814. The van der Waals surface area contributed by atoms with Crippen molar-refractivity contribution in [1.82, 2.24) is 9.80 Å². The van der Waals surface area contributed by atoms with Gasteiger partial charge in [0.15, 0.2) is 0 Å². The van der Waals surface area contributed by atoms with Crippen LogP contribution in [0.4, 0.5) is 5.69 Å². The third kappa shape index (κ3) is 3.97. The Morgan fingerprint density at radius 1 is 1.00 bits per heavy atom. The third-order valence-corrected chi connectivity index (χ3v) is 6.11. The Morgan fingerprint density at radius 3 is 2.56 bits per heavy atom. The van der Waals surface area contributed by atoms with E-state index in [1.54, 1.807) is 0 Å². The van der Waals surface area contributed by atoms with Crippen molar-refractivity contribution in [2.75, 3.05) is 44.7 Å². The molecule has 1 fully saturated rings. The van der Waals surface area contributed by atoms with Crippen molar-refractivity contribution < 1.29 is 4.79 Å². The van der Waals surface area contributed by atoms with Crippen LogP contribution in [0.1, 0.15) is 16.7 Å². The zero-order valence-corrected chi connectivity index (χ0v) is 16.6. The fourth-order valence-corrected chi connectivity index (χ4v) is 4.24. The summed E-state index contributed by atoms with van der Waals surface area (Å²) in [6, 6.07) is 14.2. The van der Waals surface area contributed by atoms with Crippen molar-refractivity contribution in [2.45, 2.75) is 19.4 Å². The molecule has 2 aromatic carbocycles.